The fraction of sp³-hybridized carbons (Fsp3) is 0.353. The van der Waals surface area contributed by atoms with E-state index in [0.717, 1.165) is 11.3 Å². The molecular weight excluding hydrogens is 326 g/mol. The average molecular weight is 345 g/mol. The normalized spacial score (nSPS) is 21.2. The maximum Gasteiger partial charge on any atom is 0.269 e. The van der Waals surface area contributed by atoms with Crippen LogP contribution in [-0.2, 0) is 16.1 Å². The van der Waals surface area contributed by atoms with E-state index >= 15 is 0 Å². The van der Waals surface area contributed by atoms with Crippen LogP contribution in [0.3, 0.4) is 0 Å². The van der Waals surface area contributed by atoms with Crippen LogP contribution >= 0.6 is 0 Å². The van der Waals surface area contributed by atoms with E-state index in [-0.39, 0.29) is 11.8 Å². The average Bonchev–Trinajstić information content (AvgIpc) is 3.02. The minimum absolute atomic E-state index is 0.0373. The number of primary amides is 1. The van der Waals surface area contributed by atoms with Crippen LogP contribution in [0.1, 0.15) is 12.7 Å². The van der Waals surface area contributed by atoms with Crippen LogP contribution in [-0.4, -0.2) is 41.0 Å². The topological polar surface area (TPSA) is 112 Å². The number of rotatable bonds is 5. The van der Waals surface area contributed by atoms with Crippen LogP contribution in [0, 0.1) is 10.1 Å². The number of nitro groups is 1. The minimum atomic E-state index is -0.618. The lowest BCUT2D eigenvalue weighted by Gasteiger charge is -2.34. The molecule has 2 aromatic rings. The summed E-state index contributed by atoms with van der Waals surface area (Å²) >= 11 is 0. The molecule has 1 aliphatic heterocycles. The van der Waals surface area contributed by atoms with Gasteiger partial charge in [-0.1, -0.05) is 0 Å². The Kier molecular flexibility index (Phi) is 4.82. The van der Waals surface area contributed by atoms with Gasteiger partial charge < -0.3 is 14.9 Å². The molecule has 0 aliphatic carbocycles. The highest BCUT2D eigenvalue weighted by molar-refractivity contribution is 5.79. The zero-order valence-corrected chi connectivity index (χ0v) is 13.8. The molecule has 2 heterocycles. The van der Waals surface area contributed by atoms with Crippen LogP contribution in [0.4, 0.5) is 5.69 Å². The summed E-state index contributed by atoms with van der Waals surface area (Å²) in [4.78, 5) is 23.7. The second-order valence-corrected chi connectivity index (χ2v) is 6.10. The fourth-order valence-electron chi connectivity index (χ4n) is 2.91. The van der Waals surface area contributed by atoms with Crippen molar-refractivity contribution in [3.8, 4) is 11.3 Å². The molecule has 0 bridgehead atoms. The third-order valence-electron chi connectivity index (χ3n) is 4.06. The Morgan fingerprint density at radius 3 is 2.64 bits per heavy atom. The smallest absolute Gasteiger partial charge is 0.269 e. The van der Waals surface area contributed by atoms with Gasteiger partial charge in [-0.05, 0) is 31.2 Å². The van der Waals surface area contributed by atoms with Gasteiger partial charge in [0.2, 0.25) is 5.91 Å². The number of nitro benzene ring substituents is 1. The van der Waals surface area contributed by atoms with Crippen LogP contribution in [0.2, 0.25) is 0 Å². The number of furan rings is 1. The number of carbonyl (C=O) groups is 1. The molecule has 1 aliphatic rings. The molecule has 0 saturated carbocycles. The minimum Gasteiger partial charge on any atom is -0.460 e. The first-order chi connectivity index (χ1) is 11.9. The number of hydrogen-bond acceptors (Lipinski definition) is 6. The number of ether oxygens (including phenoxy) is 1. The molecule has 8 nitrogen and oxygen atoms in total. The van der Waals surface area contributed by atoms with Crippen LogP contribution < -0.4 is 5.73 Å². The van der Waals surface area contributed by atoms with Gasteiger partial charge in [0.05, 0.1) is 17.6 Å². The van der Waals surface area contributed by atoms with E-state index in [1.54, 1.807) is 12.1 Å². The highest BCUT2D eigenvalue weighted by Crippen LogP contribution is 2.25. The molecule has 1 saturated heterocycles. The van der Waals surface area contributed by atoms with Gasteiger partial charge in [-0.2, -0.15) is 0 Å². The van der Waals surface area contributed by atoms with Crippen molar-refractivity contribution >= 4 is 11.6 Å². The van der Waals surface area contributed by atoms with Crippen molar-refractivity contribution in [3.05, 3.63) is 52.3 Å². The lowest BCUT2D eigenvalue weighted by atomic mass is 10.1. The molecule has 25 heavy (non-hydrogen) atoms. The van der Waals surface area contributed by atoms with Crippen molar-refractivity contribution in [2.24, 2.45) is 5.73 Å². The zero-order valence-electron chi connectivity index (χ0n) is 13.8. The van der Waals surface area contributed by atoms with Crippen LogP contribution in [0.25, 0.3) is 11.3 Å². The molecular formula is C17H19N3O5. The molecule has 1 aromatic carbocycles. The molecule has 0 unspecified atom stereocenters. The first-order valence-electron chi connectivity index (χ1n) is 7.93. The number of nitrogens with zero attached hydrogens (tertiary/aromatic N) is 2. The number of benzene rings is 1. The van der Waals surface area contributed by atoms with E-state index in [1.165, 1.54) is 12.1 Å². The van der Waals surface area contributed by atoms with Gasteiger partial charge in [0.15, 0.2) is 0 Å². The molecule has 1 amide bonds. The molecule has 3 rings (SSSR count). The largest absolute Gasteiger partial charge is 0.460 e. The Hall–Kier alpha value is -2.71. The van der Waals surface area contributed by atoms with Gasteiger partial charge in [-0.3, -0.25) is 19.8 Å². The van der Waals surface area contributed by atoms with E-state index < -0.39 is 16.9 Å². The van der Waals surface area contributed by atoms with Crippen LogP contribution in [0.15, 0.2) is 40.8 Å². The predicted molar refractivity (Wildman–Crippen MR) is 89.6 cm³/mol. The van der Waals surface area contributed by atoms with E-state index in [0.29, 0.717) is 25.4 Å². The summed E-state index contributed by atoms with van der Waals surface area (Å²) in [6, 6.07) is 9.88. The maximum absolute atomic E-state index is 11.4. The van der Waals surface area contributed by atoms with Crippen LogP contribution in [0.5, 0.6) is 0 Å². The highest BCUT2D eigenvalue weighted by Gasteiger charge is 2.29. The summed E-state index contributed by atoms with van der Waals surface area (Å²) in [6.45, 7) is 3.53. The lowest BCUT2D eigenvalue weighted by Crippen LogP contribution is -2.51. The molecule has 1 fully saturated rings. The number of nitrogens with two attached hydrogens (primary N) is 1. The summed E-state index contributed by atoms with van der Waals surface area (Å²) in [5.41, 5.74) is 6.14. The quantitative estimate of drug-likeness (QED) is 0.654. The standard InChI is InChI=1S/C17H19N3O5/c1-11-8-19(10-16(24-11)17(18)21)9-14-6-7-15(25-14)12-2-4-13(5-3-12)20(22)23/h2-7,11,16H,8-10H2,1H3,(H2,18,21)/t11-,16-/m1/s1. The summed E-state index contributed by atoms with van der Waals surface area (Å²) in [5, 5.41) is 10.7. The zero-order chi connectivity index (χ0) is 18.0. The van der Waals surface area contributed by atoms with E-state index in [9.17, 15) is 14.9 Å². The van der Waals surface area contributed by atoms with Crippen molar-refractivity contribution in [2.45, 2.75) is 25.7 Å². The van der Waals surface area contributed by atoms with E-state index in [1.807, 2.05) is 19.1 Å². The van der Waals surface area contributed by atoms with E-state index in [2.05, 4.69) is 4.90 Å². The summed E-state index contributed by atoms with van der Waals surface area (Å²) in [6.07, 6.45) is -0.705. The monoisotopic (exact) mass is 345 g/mol. The third-order valence-corrected chi connectivity index (χ3v) is 4.06. The van der Waals surface area contributed by atoms with Gasteiger partial charge in [-0.25, -0.2) is 0 Å². The van der Waals surface area contributed by atoms with Crippen molar-refractivity contribution in [1.29, 1.82) is 0 Å². The van der Waals surface area contributed by atoms with Crippen molar-refractivity contribution in [1.82, 2.24) is 4.90 Å². The Balaban J connectivity index is 1.69. The number of amides is 1. The van der Waals surface area contributed by atoms with Crippen molar-refractivity contribution in [2.75, 3.05) is 13.1 Å². The second-order valence-electron chi connectivity index (χ2n) is 6.10. The highest BCUT2D eigenvalue weighted by atomic mass is 16.6. The third kappa shape index (κ3) is 4.04. The Morgan fingerprint density at radius 2 is 2.00 bits per heavy atom. The molecule has 132 valence electrons. The van der Waals surface area contributed by atoms with Gasteiger partial charge in [0.25, 0.3) is 5.69 Å². The maximum atomic E-state index is 11.4. The molecule has 2 N–H and O–H groups in total. The van der Waals surface area contributed by atoms with Gasteiger partial charge in [0.1, 0.15) is 17.6 Å². The SMILES string of the molecule is C[C@@H]1CN(Cc2ccc(-c3ccc([N+](=O)[O-])cc3)o2)C[C@H](C(N)=O)O1. The second kappa shape index (κ2) is 7.04. The first-order valence-corrected chi connectivity index (χ1v) is 7.93. The van der Waals surface area contributed by atoms with Gasteiger partial charge >= 0.3 is 0 Å². The number of morpholine rings is 1. The van der Waals surface area contributed by atoms with Crippen molar-refractivity contribution < 1.29 is 18.9 Å². The lowest BCUT2D eigenvalue weighted by molar-refractivity contribution is -0.384. The Morgan fingerprint density at radius 1 is 1.28 bits per heavy atom. The molecule has 0 spiro atoms. The Labute approximate surface area is 144 Å². The van der Waals surface area contributed by atoms with Gasteiger partial charge in [-0.15, -0.1) is 0 Å². The first kappa shape index (κ1) is 17.1. The summed E-state index contributed by atoms with van der Waals surface area (Å²) in [7, 11) is 0. The number of hydrogen-bond donors (Lipinski definition) is 1. The molecule has 1 aromatic heterocycles. The summed E-state index contributed by atoms with van der Waals surface area (Å²) in [5.74, 6) is 0.908. The molecule has 8 heteroatoms. The molecule has 2 atom stereocenters. The number of non-ortho nitro benzene ring substituents is 1. The summed E-state index contributed by atoms with van der Waals surface area (Å²) < 4.78 is 11.4. The Bertz CT molecular complexity index is 771. The van der Waals surface area contributed by atoms with Gasteiger partial charge in [0, 0.05) is 30.8 Å². The van der Waals surface area contributed by atoms with E-state index in [4.69, 9.17) is 14.9 Å². The van der Waals surface area contributed by atoms with Crippen molar-refractivity contribution in [3.63, 3.8) is 0 Å². The predicted octanol–water partition coefficient (Wildman–Crippen LogP) is 1.93. The molecule has 0 radical (unpaired) electrons. The number of carbonyl (C=O) groups excluding carboxylic acids is 1. The fourth-order valence-corrected chi connectivity index (χ4v) is 2.91.